The molecule has 2 aromatic heterocycles. The molecule has 0 aliphatic rings. The van der Waals surface area contributed by atoms with Gasteiger partial charge in [0.25, 0.3) is 5.91 Å². The van der Waals surface area contributed by atoms with Crippen molar-refractivity contribution in [1.29, 1.82) is 0 Å². The lowest BCUT2D eigenvalue weighted by molar-refractivity contribution is 0.102. The summed E-state index contributed by atoms with van der Waals surface area (Å²) in [6, 6.07) is 28.7. The minimum atomic E-state index is -0.191. The summed E-state index contributed by atoms with van der Waals surface area (Å²) in [7, 11) is 0. The molecule has 0 aliphatic carbocycles. The van der Waals surface area contributed by atoms with Crippen molar-refractivity contribution in [2.24, 2.45) is 0 Å². The molecular weight excluding hydrogens is 456 g/mol. The number of aromatic nitrogens is 1. The number of furan rings is 1. The molecule has 5 rings (SSSR count). The first-order chi connectivity index (χ1) is 17.1. The van der Waals surface area contributed by atoms with Crippen LogP contribution in [0.4, 0.5) is 5.69 Å². The molecule has 35 heavy (non-hydrogen) atoms. The molecular formula is C30H25ClN2O2. The van der Waals surface area contributed by atoms with Gasteiger partial charge in [-0.25, -0.2) is 4.98 Å². The van der Waals surface area contributed by atoms with Gasteiger partial charge in [-0.15, -0.1) is 0 Å². The molecule has 0 radical (unpaired) electrons. The number of carbonyl (C=O) groups excluding carboxylic acids is 1. The summed E-state index contributed by atoms with van der Waals surface area (Å²) in [5, 5.41) is 4.43. The number of para-hydroxylation sites is 1. The van der Waals surface area contributed by atoms with Gasteiger partial charge in [0.05, 0.1) is 16.1 Å². The Morgan fingerprint density at radius 1 is 0.914 bits per heavy atom. The van der Waals surface area contributed by atoms with Crippen LogP contribution < -0.4 is 5.32 Å². The molecule has 0 aliphatic heterocycles. The van der Waals surface area contributed by atoms with E-state index in [0.29, 0.717) is 27.8 Å². The molecule has 0 spiro atoms. The Kier molecular flexibility index (Phi) is 6.64. The molecule has 5 heteroatoms. The molecule has 174 valence electrons. The number of anilines is 1. The van der Waals surface area contributed by atoms with Crippen LogP contribution >= 0.6 is 11.6 Å². The molecule has 1 N–H and O–H groups in total. The maximum absolute atomic E-state index is 13.4. The predicted molar refractivity (Wildman–Crippen MR) is 143 cm³/mol. The smallest absolute Gasteiger partial charge is 0.256 e. The number of rotatable bonds is 7. The number of hydrogen-bond donors (Lipinski definition) is 1. The van der Waals surface area contributed by atoms with Crippen molar-refractivity contribution in [2.75, 3.05) is 5.32 Å². The SMILES string of the molecule is CCCCc1ccc(NC(=O)c2cc(-c3ccc(-c4ccccc4Cl)o3)nc3ccccc23)cc1. The summed E-state index contributed by atoms with van der Waals surface area (Å²) in [5.74, 6) is 1.03. The van der Waals surface area contributed by atoms with Crippen molar-refractivity contribution in [1.82, 2.24) is 4.98 Å². The summed E-state index contributed by atoms with van der Waals surface area (Å²) in [4.78, 5) is 18.1. The molecule has 1 amide bonds. The van der Waals surface area contributed by atoms with Gasteiger partial charge in [0.15, 0.2) is 5.76 Å². The van der Waals surface area contributed by atoms with E-state index in [0.717, 1.165) is 41.4 Å². The van der Waals surface area contributed by atoms with Crippen LogP contribution in [0.3, 0.4) is 0 Å². The Bertz CT molecular complexity index is 1490. The topological polar surface area (TPSA) is 55.1 Å². The Balaban J connectivity index is 1.47. The van der Waals surface area contributed by atoms with Gasteiger partial charge in [0.1, 0.15) is 11.5 Å². The second-order valence-corrected chi connectivity index (χ2v) is 8.88. The van der Waals surface area contributed by atoms with E-state index in [1.54, 1.807) is 6.07 Å². The van der Waals surface area contributed by atoms with E-state index in [4.69, 9.17) is 21.0 Å². The fraction of sp³-hybridized carbons (Fsp3) is 0.133. The Morgan fingerprint density at radius 3 is 2.46 bits per heavy atom. The molecule has 5 aromatic rings. The van der Waals surface area contributed by atoms with Crippen LogP contribution in [0, 0.1) is 0 Å². The van der Waals surface area contributed by atoms with Gasteiger partial charge < -0.3 is 9.73 Å². The lowest BCUT2D eigenvalue weighted by Gasteiger charge is -2.10. The highest BCUT2D eigenvalue weighted by molar-refractivity contribution is 6.33. The average Bonchev–Trinajstić information content (AvgIpc) is 3.38. The second kappa shape index (κ2) is 10.2. The Labute approximate surface area is 209 Å². The van der Waals surface area contributed by atoms with Gasteiger partial charge in [-0.3, -0.25) is 4.79 Å². The summed E-state index contributed by atoms with van der Waals surface area (Å²) in [6.45, 7) is 2.18. The number of aryl methyl sites for hydroxylation is 1. The molecule has 3 aromatic carbocycles. The first-order valence-corrected chi connectivity index (χ1v) is 12.2. The number of carbonyl (C=O) groups is 1. The van der Waals surface area contributed by atoms with Gasteiger partial charge >= 0.3 is 0 Å². The summed E-state index contributed by atoms with van der Waals surface area (Å²) in [5.41, 5.74) is 4.69. The lowest BCUT2D eigenvalue weighted by atomic mass is 10.1. The van der Waals surface area contributed by atoms with Crippen LogP contribution in [-0.2, 0) is 6.42 Å². The molecule has 0 saturated heterocycles. The van der Waals surface area contributed by atoms with Crippen LogP contribution in [0.25, 0.3) is 33.7 Å². The maximum Gasteiger partial charge on any atom is 0.256 e. The highest BCUT2D eigenvalue weighted by atomic mass is 35.5. The third kappa shape index (κ3) is 4.98. The van der Waals surface area contributed by atoms with Crippen molar-refractivity contribution in [3.63, 3.8) is 0 Å². The number of halogens is 1. The third-order valence-electron chi connectivity index (χ3n) is 5.99. The van der Waals surface area contributed by atoms with E-state index in [2.05, 4.69) is 24.4 Å². The number of pyridine rings is 1. The molecule has 0 atom stereocenters. The minimum absolute atomic E-state index is 0.191. The van der Waals surface area contributed by atoms with Crippen LogP contribution in [0.2, 0.25) is 5.02 Å². The molecule has 0 fully saturated rings. The average molecular weight is 481 g/mol. The maximum atomic E-state index is 13.4. The van der Waals surface area contributed by atoms with Gasteiger partial charge in [0, 0.05) is 16.6 Å². The fourth-order valence-corrected chi connectivity index (χ4v) is 4.33. The summed E-state index contributed by atoms with van der Waals surface area (Å²) < 4.78 is 6.11. The number of hydrogen-bond acceptors (Lipinski definition) is 3. The Morgan fingerprint density at radius 2 is 1.66 bits per heavy atom. The van der Waals surface area contributed by atoms with E-state index in [1.165, 1.54) is 5.56 Å². The highest BCUT2D eigenvalue weighted by Crippen LogP contribution is 2.33. The zero-order valence-electron chi connectivity index (χ0n) is 19.4. The normalized spacial score (nSPS) is 11.0. The molecule has 0 bridgehead atoms. The van der Waals surface area contributed by atoms with Crippen molar-refractivity contribution in [3.8, 4) is 22.8 Å². The Hall–Kier alpha value is -3.89. The monoisotopic (exact) mass is 480 g/mol. The van der Waals surface area contributed by atoms with E-state index in [1.807, 2.05) is 72.8 Å². The third-order valence-corrected chi connectivity index (χ3v) is 6.32. The zero-order chi connectivity index (χ0) is 24.2. The van der Waals surface area contributed by atoms with E-state index < -0.39 is 0 Å². The molecule has 4 nitrogen and oxygen atoms in total. The first-order valence-electron chi connectivity index (χ1n) is 11.8. The largest absolute Gasteiger partial charge is 0.454 e. The van der Waals surface area contributed by atoms with Crippen molar-refractivity contribution >= 4 is 34.1 Å². The van der Waals surface area contributed by atoms with Gasteiger partial charge in [-0.1, -0.05) is 67.4 Å². The van der Waals surface area contributed by atoms with Crippen molar-refractivity contribution < 1.29 is 9.21 Å². The van der Waals surface area contributed by atoms with E-state index >= 15 is 0 Å². The number of benzene rings is 3. The minimum Gasteiger partial charge on any atom is -0.454 e. The lowest BCUT2D eigenvalue weighted by Crippen LogP contribution is -2.13. The zero-order valence-corrected chi connectivity index (χ0v) is 20.2. The van der Waals surface area contributed by atoms with Gasteiger partial charge in [-0.05, 0) is 66.9 Å². The van der Waals surface area contributed by atoms with Gasteiger partial charge in [0.2, 0.25) is 0 Å². The molecule has 0 unspecified atom stereocenters. The number of fused-ring (bicyclic) bond motifs is 1. The van der Waals surface area contributed by atoms with Crippen molar-refractivity contribution in [2.45, 2.75) is 26.2 Å². The predicted octanol–water partition coefficient (Wildman–Crippen LogP) is 8.41. The number of unbranched alkanes of at least 4 members (excludes halogenated alkanes) is 1. The quantitative estimate of drug-likeness (QED) is 0.254. The highest BCUT2D eigenvalue weighted by Gasteiger charge is 2.17. The fourth-order valence-electron chi connectivity index (χ4n) is 4.10. The van der Waals surface area contributed by atoms with E-state index in [-0.39, 0.29) is 5.91 Å². The molecule has 2 heterocycles. The summed E-state index contributed by atoms with van der Waals surface area (Å²) >= 11 is 6.34. The van der Waals surface area contributed by atoms with Gasteiger partial charge in [-0.2, -0.15) is 0 Å². The van der Waals surface area contributed by atoms with E-state index in [9.17, 15) is 4.79 Å². The number of amides is 1. The van der Waals surface area contributed by atoms with Crippen LogP contribution in [-0.4, -0.2) is 10.9 Å². The summed E-state index contributed by atoms with van der Waals surface area (Å²) in [6.07, 6.45) is 3.36. The number of nitrogens with zero attached hydrogens (tertiary/aromatic N) is 1. The number of nitrogens with one attached hydrogen (secondary N) is 1. The standard InChI is InChI=1S/C30H25ClN2O2/c1-2-3-8-20-13-15-21(16-14-20)32-30(34)24-19-27(33-26-12-7-5-9-22(24)26)29-18-17-28(35-29)23-10-4-6-11-25(23)31/h4-7,9-19H,2-3,8H2,1H3,(H,32,34). The first kappa shape index (κ1) is 22.9. The van der Waals surface area contributed by atoms with Crippen LogP contribution in [0.5, 0.6) is 0 Å². The van der Waals surface area contributed by atoms with Crippen LogP contribution in [0.1, 0.15) is 35.7 Å². The van der Waals surface area contributed by atoms with Crippen LogP contribution in [0.15, 0.2) is 95.4 Å². The van der Waals surface area contributed by atoms with Crippen molar-refractivity contribution in [3.05, 3.63) is 107 Å². The molecule has 0 saturated carbocycles. The second-order valence-electron chi connectivity index (χ2n) is 8.47.